The van der Waals surface area contributed by atoms with Gasteiger partial charge in [-0.25, -0.2) is 4.98 Å². The zero-order valence-electron chi connectivity index (χ0n) is 12.9. The van der Waals surface area contributed by atoms with Crippen LogP contribution in [0.4, 0.5) is 5.82 Å². The van der Waals surface area contributed by atoms with Crippen molar-refractivity contribution in [1.29, 1.82) is 0 Å². The Morgan fingerprint density at radius 1 is 1.17 bits per heavy atom. The maximum absolute atomic E-state index is 11.2. The van der Waals surface area contributed by atoms with E-state index in [0.29, 0.717) is 16.6 Å². The lowest BCUT2D eigenvalue weighted by Crippen LogP contribution is -2.22. The summed E-state index contributed by atoms with van der Waals surface area (Å²) in [6.07, 6.45) is 7.91. The summed E-state index contributed by atoms with van der Waals surface area (Å²) in [5.74, 6) is 0.410. The van der Waals surface area contributed by atoms with Crippen LogP contribution in [0.1, 0.15) is 42.5 Å². The second-order valence-electron chi connectivity index (χ2n) is 5.97. The molecule has 3 N–H and O–H groups in total. The molecule has 1 aliphatic carbocycles. The molecule has 0 spiro atoms. The van der Waals surface area contributed by atoms with Crippen molar-refractivity contribution in [2.45, 2.75) is 38.1 Å². The lowest BCUT2D eigenvalue weighted by atomic mass is 9.95. The Labute approximate surface area is 141 Å². The van der Waals surface area contributed by atoms with Crippen molar-refractivity contribution < 1.29 is 4.79 Å². The third kappa shape index (κ3) is 3.82. The number of nitrogens with two attached hydrogens (primary N) is 1. The fraction of sp³-hybridized carbons (Fsp3) is 0.333. The number of hydrogen-bond donors (Lipinski definition) is 2. The average Bonchev–Trinajstić information content (AvgIpc) is 2.58. The van der Waals surface area contributed by atoms with Gasteiger partial charge >= 0.3 is 0 Å². The van der Waals surface area contributed by atoms with Crippen LogP contribution in [0.3, 0.4) is 0 Å². The van der Waals surface area contributed by atoms with Crippen molar-refractivity contribution in [3.8, 4) is 11.1 Å². The lowest BCUT2D eigenvalue weighted by molar-refractivity contribution is 0.100. The average molecular weight is 330 g/mol. The van der Waals surface area contributed by atoms with E-state index in [2.05, 4.69) is 10.3 Å². The Hall–Kier alpha value is -2.07. The molecule has 3 rings (SSSR count). The summed E-state index contributed by atoms with van der Waals surface area (Å²) in [7, 11) is 0. The smallest absolute Gasteiger partial charge is 0.248 e. The number of benzene rings is 1. The molecule has 1 amide bonds. The predicted molar refractivity (Wildman–Crippen MR) is 93.7 cm³/mol. The number of nitrogens with zero attached hydrogens (tertiary/aromatic N) is 1. The zero-order valence-corrected chi connectivity index (χ0v) is 13.6. The summed E-state index contributed by atoms with van der Waals surface area (Å²) < 4.78 is 0. The molecular formula is C18H20ClN3O. The summed E-state index contributed by atoms with van der Waals surface area (Å²) in [4.78, 5) is 15.6. The number of nitrogens with one attached hydrogen (secondary N) is 1. The van der Waals surface area contributed by atoms with Crippen LogP contribution in [0.25, 0.3) is 11.1 Å². The van der Waals surface area contributed by atoms with Gasteiger partial charge in [-0.05, 0) is 36.6 Å². The summed E-state index contributed by atoms with van der Waals surface area (Å²) >= 11 is 6.29. The number of rotatable bonds is 4. The minimum Gasteiger partial charge on any atom is -0.367 e. The van der Waals surface area contributed by atoms with Gasteiger partial charge in [0.25, 0.3) is 0 Å². The molecule has 4 nitrogen and oxygen atoms in total. The number of carbonyl (C=O) groups is 1. The number of anilines is 1. The van der Waals surface area contributed by atoms with Crippen molar-refractivity contribution in [2.24, 2.45) is 5.73 Å². The molecule has 23 heavy (non-hydrogen) atoms. The highest BCUT2D eigenvalue weighted by Crippen LogP contribution is 2.30. The number of amides is 1. The fourth-order valence-corrected chi connectivity index (χ4v) is 3.22. The summed E-state index contributed by atoms with van der Waals surface area (Å²) in [5.41, 5.74) is 7.60. The van der Waals surface area contributed by atoms with Crippen LogP contribution >= 0.6 is 11.6 Å². The fourth-order valence-electron chi connectivity index (χ4n) is 3.01. The Balaban J connectivity index is 1.83. The standard InChI is InChI=1S/C18H20ClN3O/c19-16-11-21-17(22-14-4-2-1-3-5-14)10-15(16)12-6-8-13(9-7-12)18(20)23/h6-11,14H,1-5H2,(H2,20,23)(H,21,22). The lowest BCUT2D eigenvalue weighted by Gasteiger charge is -2.23. The van der Waals surface area contributed by atoms with E-state index in [1.165, 1.54) is 32.1 Å². The third-order valence-electron chi connectivity index (χ3n) is 4.29. The number of carbonyl (C=O) groups excluding carboxylic acids is 1. The second kappa shape index (κ2) is 7.01. The third-order valence-corrected chi connectivity index (χ3v) is 4.59. The van der Waals surface area contributed by atoms with Crippen LogP contribution < -0.4 is 11.1 Å². The zero-order chi connectivity index (χ0) is 16.2. The number of halogens is 1. The molecule has 1 aromatic heterocycles. The topological polar surface area (TPSA) is 68.0 Å². The molecule has 120 valence electrons. The molecule has 1 aromatic carbocycles. The highest BCUT2D eigenvalue weighted by atomic mass is 35.5. The van der Waals surface area contributed by atoms with E-state index in [0.717, 1.165) is 16.9 Å². The molecule has 0 radical (unpaired) electrons. The first kappa shape index (κ1) is 15.8. The van der Waals surface area contributed by atoms with Crippen LogP contribution in [0, 0.1) is 0 Å². The number of primary amides is 1. The minimum atomic E-state index is -0.433. The predicted octanol–water partition coefficient (Wildman–Crippen LogP) is 4.25. The van der Waals surface area contributed by atoms with E-state index < -0.39 is 5.91 Å². The van der Waals surface area contributed by atoms with Crippen molar-refractivity contribution in [1.82, 2.24) is 4.98 Å². The normalized spacial score (nSPS) is 15.3. The molecule has 0 atom stereocenters. The van der Waals surface area contributed by atoms with Gasteiger partial charge in [0.05, 0.1) is 5.02 Å². The first-order valence-electron chi connectivity index (χ1n) is 7.96. The quantitative estimate of drug-likeness (QED) is 0.881. The van der Waals surface area contributed by atoms with E-state index in [9.17, 15) is 4.79 Å². The van der Waals surface area contributed by atoms with Crippen LogP contribution in [0.15, 0.2) is 36.5 Å². The van der Waals surface area contributed by atoms with Gasteiger partial charge in [-0.1, -0.05) is 43.0 Å². The molecule has 5 heteroatoms. The molecule has 0 unspecified atom stereocenters. The van der Waals surface area contributed by atoms with E-state index in [1.54, 1.807) is 18.3 Å². The molecule has 1 heterocycles. The SMILES string of the molecule is NC(=O)c1ccc(-c2cc(NC3CCCCC3)ncc2Cl)cc1. The van der Waals surface area contributed by atoms with Gasteiger partial charge in [0.1, 0.15) is 5.82 Å². The van der Waals surface area contributed by atoms with Crippen LogP contribution in [-0.2, 0) is 0 Å². The van der Waals surface area contributed by atoms with Crippen molar-refractivity contribution in [3.05, 3.63) is 47.1 Å². The Morgan fingerprint density at radius 2 is 1.87 bits per heavy atom. The molecule has 0 aliphatic heterocycles. The Morgan fingerprint density at radius 3 is 2.52 bits per heavy atom. The Bertz CT molecular complexity index is 694. The van der Waals surface area contributed by atoms with Gasteiger partial charge in [0.15, 0.2) is 0 Å². The molecule has 1 fully saturated rings. The van der Waals surface area contributed by atoms with E-state index in [-0.39, 0.29) is 0 Å². The van der Waals surface area contributed by atoms with Gasteiger partial charge in [0.2, 0.25) is 5.91 Å². The van der Waals surface area contributed by atoms with Crippen LogP contribution in [0.2, 0.25) is 5.02 Å². The molecule has 2 aromatic rings. The molecular weight excluding hydrogens is 310 g/mol. The molecule has 0 saturated heterocycles. The van der Waals surface area contributed by atoms with E-state index >= 15 is 0 Å². The maximum Gasteiger partial charge on any atom is 0.248 e. The summed E-state index contributed by atoms with van der Waals surface area (Å²) in [5, 5.41) is 4.09. The molecule has 1 aliphatic rings. The monoisotopic (exact) mass is 329 g/mol. The van der Waals surface area contributed by atoms with Gasteiger partial charge in [0, 0.05) is 23.4 Å². The largest absolute Gasteiger partial charge is 0.367 e. The van der Waals surface area contributed by atoms with Crippen molar-refractivity contribution in [3.63, 3.8) is 0 Å². The van der Waals surface area contributed by atoms with E-state index in [1.807, 2.05) is 18.2 Å². The first-order valence-corrected chi connectivity index (χ1v) is 8.33. The summed E-state index contributed by atoms with van der Waals surface area (Å²) in [6, 6.07) is 9.58. The van der Waals surface area contributed by atoms with Gasteiger partial charge in [-0.3, -0.25) is 4.79 Å². The first-order chi connectivity index (χ1) is 11.1. The summed E-state index contributed by atoms with van der Waals surface area (Å²) in [6.45, 7) is 0. The second-order valence-corrected chi connectivity index (χ2v) is 6.38. The van der Waals surface area contributed by atoms with Crippen molar-refractivity contribution >= 4 is 23.3 Å². The van der Waals surface area contributed by atoms with Gasteiger partial charge in [-0.15, -0.1) is 0 Å². The van der Waals surface area contributed by atoms with Crippen LogP contribution in [-0.4, -0.2) is 16.9 Å². The van der Waals surface area contributed by atoms with Crippen molar-refractivity contribution in [2.75, 3.05) is 5.32 Å². The number of aromatic nitrogens is 1. The highest BCUT2D eigenvalue weighted by molar-refractivity contribution is 6.33. The molecule has 1 saturated carbocycles. The molecule has 0 bridgehead atoms. The van der Waals surface area contributed by atoms with Gasteiger partial charge in [-0.2, -0.15) is 0 Å². The van der Waals surface area contributed by atoms with Crippen LogP contribution in [0.5, 0.6) is 0 Å². The highest BCUT2D eigenvalue weighted by Gasteiger charge is 2.14. The van der Waals surface area contributed by atoms with E-state index in [4.69, 9.17) is 17.3 Å². The minimum absolute atomic E-state index is 0.433. The van der Waals surface area contributed by atoms with Gasteiger partial charge < -0.3 is 11.1 Å². The Kier molecular flexibility index (Phi) is 4.82. The number of pyridine rings is 1. The number of hydrogen-bond acceptors (Lipinski definition) is 3. The maximum atomic E-state index is 11.2.